The summed E-state index contributed by atoms with van der Waals surface area (Å²) < 4.78 is 37.6. The number of hydrogen-bond acceptors (Lipinski definition) is 4. The van der Waals surface area contributed by atoms with E-state index >= 15 is 0 Å². The van der Waals surface area contributed by atoms with E-state index < -0.39 is 17.8 Å². The largest absolute Gasteiger partial charge is 0.433 e. The van der Waals surface area contributed by atoms with E-state index in [9.17, 15) is 18.0 Å². The second kappa shape index (κ2) is 5.55. The number of rotatable bonds is 3. The van der Waals surface area contributed by atoms with Gasteiger partial charge in [-0.3, -0.25) is 9.78 Å². The Kier molecular flexibility index (Phi) is 4.13. The maximum Gasteiger partial charge on any atom is 0.433 e. The number of pyridine rings is 1. The number of carbonyl (C=O) groups is 1. The van der Waals surface area contributed by atoms with Gasteiger partial charge in [-0.2, -0.15) is 13.2 Å². The molecule has 0 radical (unpaired) electrons. The van der Waals surface area contributed by atoms with Crippen LogP contribution in [0.3, 0.4) is 0 Å². The first-order valence-electron chi connectivity index (χ1n) is 6.17. The summed E-state index contributed by atoms with van der Waals surface area (Å²) in [5, 5.41) is 0.582. The Bertz CT molecular complexity index is 642. The lowest BCUT2D eigenvalue weighted by Crippen LogP contribution is -2.13. The highest BCUT2D eigenvalue weighted by Crippen LogP contribution is 2.32. The molecule has 1 atom stereocenters. The molecule has 2 rings (SSSR count). The summed E-state index contributed by atoms with van der Waals surface area (Å²) in [6, 6.07) is 2.17. The highest BCUT2D eigenvalue weighted by molar-refractivity contribution is 7.11. The monoisotopic (exact) mass is 314 g/mol. The highest BCUT2D eigenvalue weighted by Gasteiger charge is 2.33. The van der Waals surface area contributed by atoms with Crippen LogP contribution in [-0.2, 0) is 11.0 Å². The van der Waals surface area contributed by atoms with Crippen LogP contribution < -0.4 is 0 Å². The van der Waals surface area contributed by atoms with Crippen LogP contribution in [-0.4, -0.2) is 15.8 Å². The minimum atomic E-state index is -4.49. The molecule has 3 nitrogen and oxygen atoms in total. The molecule has 0 N–H and O–H groups in total. The summed E-state index contributed by atoms with van der Waals surface area (Å²) in [5.41, 5.74) is 0.269. The number of thiazole rings is 1. The Morgan fingerprint density at radius 1 is 1.29 bits per heavy atom. The zero-order chi connectivity index (χ0) is 15.8. The summed E-state index contributed by atoms with van der Waals surface area (Å²) in [6.07, 6.45) is -3.39. The minimum Gasteiger partial charge on any atom is -0.299 e. The fourth-order valence-electron chi connectivity index (χ4n) is 1.92. The van der Waals surface area contributed by atoms with Crippen molar-refractivity contribution in [3.05, 3.63) is 45.2 Å². The number of alkyl halides is 3. The number of Topliss-reactive ketones (excluding diaryl/α,β-unsaturated/α-hetero) is 1. The van der Waals surface area contributed by atoms with Gasteiger partial charge in [0.15, 0.2) is 0 Å². The van der Waals surface area contributed by atoms with Crippen LogP contribution in [0.15, 0.2) is 18.3 Å². The smallest absolute Gasteiger partial charge is 0.299 e. The van der Waals surface area contributed by atoms with Crippen LogP contribution in [0.4, 0.5) is 13.2 Å². The molecule has 0 fully saturated rings. The first-order chi connectivity index (χ1) is 9.70. The van der Waals surface area contributed by atoms with Gasteiger partial charge in [0.1, 0.15) is 16.5 Å². The average molecular weight is 314 g/mol. The van der Waals surface area contributed by atoms with Gasteiger partial charge in [-0.15, -0.1) is 11.3 Å². The lowest BCUT2D eigenvalue weighted by atomic mass is 9.97. The molecular weight excluding hydrogens is 301 g/mol. The zero-order valence-electron chi connectivity index (χ0n) is 11.7. The summed E-state index contributed by atoms with van der Waals surface area (Å²) in [7, 11) is 0. The van der Waals surface area contributed by atoms with Crippen molar-refractivity contribution in [1.82, 2.24) is 9.97 Å². The first kappa shape index (κ1) is 15.6. The second-order valence-electron chi connectivity index (χ2n) is 4.71. The van der Waals surface area contributed by atoms with Gasteiger partial charge in [-0.1, -0.05) is 6.07 Å². The van der Waals surface area contributed by atoms with Gasteiger partial charge >= 0.3 is 6.18 Å². The Morgan fingerprint density at radius 2 is 1.95 bits per heavy atom. The number of halogens is 3. The minimum absolute atomic E-state index is 0.176. The van der Waals surface area contributed by atoms with E-state index in [1.165, 1.54) is 24.3 Å². The van der Waals surface area contributed by atoms with Crippen LogP contribution in [0, 0.1) is 13.8 Å². The molecule has 0 aliphatic heterocycles. The molecule has 0 amide bonds. The van der Waals surface area contributed by atoms with Crippen molar-refractivity contribution in [3.63, 3.8) is 0 Å². The van der Waals surface area contributed by atoms with Gasteiger partial charge in [0, 0.05) is 11.1 Å². The molecule has 0 aliphatic rings. The third kappa shape index (κ3) is 3.29. The predicted octanol–water partition coefficient (Wildman–Crippen LogP) is 3.89. The van der Waals surface area contributed by atoms with Gasteiger partial charge in [-0.25, -0.2) is 4.98 Å². The molecule has 112 valence electrons. The van der Waals surface area contributed by atoms with Crippen LogP contribution in [0.1, 0.15) is 39.7 Å². The average Bonchev–Trinajstić information content (AvgIpc) is 2.68. The maximum atomic E-state index is 12.5. The summed E-state index contributed by atoms with van der Waals surface area (Å²) in [6.45, 7) is 5.12. The molecule has 0 aromatic carbocycles. The molecule has 0 spiro atoms. The van der Waals surface area contributed by atoms with Crippen molar-refractivity contribution in [3.8, 4) is 0 Å². The van der Waals surface area contributed by atoms with Crippen molar-refractivity contribution in [1.29, 1.82) is 0 Å². The Labute approximate surface area is 123 Å². The lowest BCUT2D eigenvalue weighted by molar-refractivity contribution is -0.141. The van der Waals surface area contributed by atoms with Gasteiger partial charge < -0.3 is 0 Å². The van der Waals surface area contributed by atoms with Crippen molar-refractivity contribution < 1.29 is 18.0 Å². The van der Waals surface area contributed by atoms with Crippen LogP contribution in [0.5, 0.6) is 0 Å². The molecule has 0 saturated heterocycles. The maximum absolute atomic E-state index is 12.5. The number of aryl methyl sites for hydroxylation is 2. The van der Waals surface area contributed by atoms with Gasteiger partial charge in [0.05, 0.1) is 11.6 Å². The summed E-state index contributed by atoms with van der Waals surface area (Å²) in [5.74, 6) is -0.845. The summed E-state index contributed by atoms with van der Waals surface area (Å²) >= 11 is 1.37. The summed E-state index contributed by atoms with van der Waals surface area (Å²) in [4.78, 5) is 20.6. The van der Waals surface area contributed by atoms with Crippen molar-refractivity contribution >= 4 is 17.1 Å². The normalized spacial score (nSPS) is 13.2. The molecule has 0 bridgehead atoms. The SMILES string of the molecule is CC(=O)C(c1ccc(C(F)(F)F)nc1)c1nc(C)c(C)s1. The molecule has 21 heavy (non-hydrogen) atoms. The number of nitrogens with zero attached hydrogens (tertiary/aromatic N) is 2. The van der Waals surface area contributed by atoms with Crippen molar-refractivity contribution in [2.45, 2.75) is 32.9 Å². The van der Waals surface area contributed by atoms with E-state index in [-0.39, 0.29) is 5.78 Å². The van der Waals surface area contributed by atoms with E-state index in [0.717, 1.165) is 22.8 Å². The number of hydrogen-bond donors (Lipinski definition) is 0. The molecule has 2 aromatic rings. The predicted molar refractivity (Wildman–Crippen MR) is 73.4 cm³/mol. The molecule has 2 heterocycles. The zero-order valence-corrected chi connectivity index (χ0v) is 12.5. The molecule has 2 aromatic heterocycles. The topological polar surface area (TPSA) is 42.9 Å². The van der Waals surface area contributed by atoms with E-state index in [0.29, 0.717) is 10.6 Å². The Hall–Kier alpha value is -1.76. The molecule has 0 saturated carbocycles. The fraction of sp³-hybridized carbons (Fsp3) is 0.357. The standard InChI is InChI=1S/C14H13F3N2OS/c1-7-9(3)21-13(19-7)12(8(2)20)10-4-5-11(18-6-10)14(15,16)17/h4-6,12H,1-3H3. The fourth-order valence-corrected chi connectivity index (χ4v) is 3.03. The lowest BCUT2D eigenvalue weighted by Gasteiger charge is -2.12. The van der Waals surface area contributed by atoms with E-state index in [2.05, 4.69) is 9.97 Å². The van der Waals surface area contributed by atoms with Gasteiger partial charge in [0.2, 0.25) is 0 Å². The Balaban J connectivity index is 2.42. The van der Waals surface area contributed by atoms with Crippen molar-refractivity contribution in [2.75, 3.05) is 0 Å². The quantitative estimate of drug-likeness (QED) is 0.863. The number of carbonyl (C=O) groups excluding carboxylic acids is 1. The van der Waals surface area contributed by atoms with Gasteiger partial charge in [0.25, 0.3) is 0 Å². The second-order valence-corrected chi connectivity index (χ2v) is 5.95. The van der Waals surface area contributed by atoms with Crippen LogP contribution in [0.2, 0.25) is 0 Å². The highest BCUT2D eigenvalue weighted by atomic mass is 32.1. The van der Waals surface area contributed by atoms with E-state index in [4.69, 9.17) is 0 Å². The van der Waals surface area contributed by atoms with Crippen LogP contribution >= 0.6 is 11.3 Å². The number of aromatic nitrogens is 2. The van der Waals surface area contributed by atoms with Crippen LogP contribution in [0.25, 0.3) is 0 Å². The third-order valence-corrected chi connectivity index (χ3v) is 4.25. The van der Waals surface area contributed by atoms with Crippen molar-refractivity contribution in [2.24, 2.45) is 0 Å². The molecule has 7 heteroatoms. The first-order valence-corrected chi connectivity index (χ1v) is 6.99. The van der Waals surface area contributed by atoms with Gasteiger partial charge in [-0.05, 0) is 32.4 Å². The molecular formula is C14H13F3N2OS. The molecule has 0 aliphatic carbocycles. The number of ketones is 1. The molecule has 1 unspecified atom stereocenters. The third-order valence-electron chi connectivity index (χ3n) is 3.11. The van der Waals surface area contributed by atoms with E-state index in [1.54, 1.807) is 0 Å². The van der Waals surface area contributed by atoms with E-state index in [1.807, 2.05) is 13.8 Å². The Morgan fingerprint density at radius 3 is 2.33 bits per heavy atom.